The monoisotopic (exact) mass is 508 g/mol. The maximum atomic E-state index is 12.8. The quantitative estimate of drug-likeness (QED) is 0.449. The molecular formula is C23H22Cl2N2O5S. The van der Waals surface area contributed by atoms with Gasteiger partial charge >= 0.3 is 0 Å². The highest BCUT2D eigenvalue weighted by Crippen LogP contribution is 2.39. The third-order valence-electron chi connectivity index (χ3n) is 4.75. The first-order valence-corrected chi connectivity index (χ1v) is 11.6. The molecule has 2 aromatic rings. The highest BCUT2D eigenvalue weighted by atomic mass is 35.5. The van der Waals surface area contributed by atoms with Crippen molar-refractivity contribution in [3.8, 4) is 11.5 Å². The number of rotatable bonds is 8. The van der Waals surface area contributed by atoms with Gasteiger partial charge in [0.15, 0.2) is 11.5 Å². The lowest BCUT2D eigenvalue weighted by Gasteiger charge is -2.17. The molecule has 1 fully saturated rings. The molecule has 1 aliphatic rings. The number of methoxy groups -OCH3 is 1. The van der Waals surface area contributed by atoms with Gasteiger partial charge in [0, 0.05) is 10.7 Å². The van der Waals surface area contributed by atoms with Gasteiger partial charge in [0.25, 0.3) is 11.1 Å². The van der Waals surface area contributed by atoms with E-state index < -0.39 is 23.6 Å². The Labute approximate surface area is 206 Å². The van der Waals surface area contributed by atoms with Crippen LogP contribution in [0.15, 0.2) is 41.3 Å². The number of anilines is 1. The zero-order chi connectivity index (χ0) is 24.1. The Hall–Kier alpha value is -2.68. The molecule has 0 unspecified atom stereocenters. The van der Waals surface area contributed by atoms with Crippen LogP contribution in [0.1, 0.15) is 25.8 Å². The zero-order valence-corrected chi connectivity index (χ0v) is 20.5. The molecule has 1 atom stereocenters. The summed E-state index contributed by atoms with van der Waals surface area (Å²) in [4.78, 5) is 38.5. The zero-order valence-electron chi connectivity index (χ0n) is 18.2. The number of hydrogen-bond donors (Lipinski definition) is 1. The molecule has 33 heavy (non-hydrogen) atoms. The highest BCUT2D eigenvalue weighted by molar-refractivity contribution is 8.18. The minimum atomic E-state index is -0.564. The first-order chi connectivity index (χ1) is 15.7. The standard InChI is InChI=1S/C23H22Cl2N2O5S/c1-4-13(2)32-21-17(25)9-14(10-18(21)31-3)11-19-22(29)27(23(30)33-19)12-20(28)26-16-7-5-15(24)6-8-16/h5-11,13H,4,12H2,1-3H3,(H,26,28)/b19-11-/t13-/m1/s1. The van der Waals surface area contributed by atoms with Crippen molar-refractivity contribution in [3.05, 3.63) is 56.9 Å². The number of imide groups is 1. The van der Waals surface area contributed by atoms with Crippen LogP contribution >= 0.6 is 35.0 Å². The first-order valence-electron chi connectivity index (χ1n) is 10.1. The molecule has 0 bridgehead atoms. The lowest BCUT2D eigenvalue weighted by Crippen LogP contribution is -2.36. The van der Waals surface area contributed by atoms with Crippen molar-refractivity contribution in [2.24, 2.45) is 0 Å². The summed E-state index contributed by atoms with van der Waals surface area (Å²) < 4.78 is 11.2. The normalized spacial score (nSPS) is 15.7. The van der Waals surface area contributed by atoms with Gasteiger partial charge in [0.05, 0.1) is 23.1 Å². The third kappa shape index (κ3) is 6.22. The fourth-order valence-electron chi connectivity index (χ4n) is 2.89. The number of nitrogens with one attached hydrogen (secondary N) is 1. The van der Waals surface area contributed by atoms with Gasteiger partial charge < -0.3 is 14.8 Å². The molecule has 0 saturated carbocycles. The molecule has 1 saturated heterocycles. The summed E-state index contributed by atoms with van der Waals surface area (Å²) in [7, 11) is 1.49. The average Bonchev–Trinajstić information content (AvgIpc) is 3.04. The second-order valence-electron chi connectivity index (χ2n) is 7.19. The molecular weight excluding hydrogens is 487 g/mol. The Bertz CT molecular complexity index is 1100. The smallest absolute Gasteiger partial charge is 0.294 e. The highest BCUT2D eigenvalue weighted by Gasteiger charge is 2.36. The molecule has 1 N–H and O–H groups in total. The summed E-state index contributed by atoms with van der Waals surface area (Å²) in [6, 6.07) is 9.80. The number of benzene rings is 2. The van der Waals surface area contributed by atoms with Crippen molar-refractivity contribution in [3.63, 3.8) is 0 Å². The predicted octanol–water partition coefficient (Wildman–Crippen LogP) is 5.85. The van der Waals surface area contributed by atoms with E-state index >= 15 is 0 Å². The van der Waals surface area contributed by atoms with Crippen LogP contribution in [0.4, 0.5) is 10.5 Å². The van der Waals surface area contributed by atoms with Crippen molar-refractivity contribution in [2.45, 2.75) is 26.4 Å². The maximum absolute atomic E-state index is 12.8. The van der Waals surface area contributed by atoms with Crippen LogP contribution in [0.5, 0.6) is 11.5 Å². The molecule has 10 heteroatoms. The molecule has 3 rings (SSSR count). The largest absolute Gasteiger partial charge is 0.493 e. The molecule has 0 radical (unpaired) electrons. The number of halogens is 2. The van der Waals surface area contributed by atoms with Crippen molar-refractivity contribution < 1.29 is 23.9 Å². The van der Waals surface area contributed by atoms with Crippen molar-refractivity contribution >= 4 is 63.8 Å². The van der Waals surface area contributed by atoms with Crippen molar-refractivity contribution in [1.29, 1.82) is 0 Å². The second kappa shape index (κ2) is 11.0. The molecule has 1 aliphatic heterocycles. The molecule has 3 amide bonds. The van der Waals surface area contributed by atoms with Gasteiger partial charge in [0.1, 0.15) is 6.54 Å². The minimum Gasteiger partial charge on any atom is -0.493 e. The van der Waals surface area contributed by atoms with Crippen LogP contribution in [0.2, 0.25) is 10.0 Å². The third-order valence-corrected chi connectivity index (χ3v) is 6.19. The molecule has 7 nitrogen and oxygen atoms in total. The first kappa shape index (κ1) is 25.0. The second-order valence-corrected chi connectivity index (χ2v) is 9.03. The number of thioether (sulfide) groups is 1. The molecule has 174 valence electrons. The van der Waals surface area contributed by atoms with Gasteiger partial charge in [-0.1, -0.05) is 30.1 Å². The van der Waals surface area contributed by atoms with Crippen molar-refractivity contribution in [2.75, 3.05) is 19.0 Å². The molecule has 1 heterocycles. The van der Waals surface area contributed by atoms with Crippen LogP contribution in [-0.2, 0) is 9.59 Å². The van der Waals surface area contributed by atoms with Crippen LogP contribution in [0, 0.1) is 0 Å². The molecule has 0 aliphatic carbocycles. The Morgan fingerprint density at radius 2 is 1.91 bits per heavy atom. The number of carbonyl (C=O) groups is 3. The van der Waals surface area contributed by atoms with E-state index in [0.29, 0.717) is 32.8 Å². The summed E-state index contributed by atoms with van der Waals surface area (Å²) in [6.45, 7) is 3.50. The van der Waals surface area contributed by atoms with E-state index in [1.165, 1.54) is 13.2 Å². The Kier molecular flexibility index (Phi) is 8.29. The average molecular weight is 509 g/mol. The van der Waals surface area contributed by atoms with Crippen LogP contribution in [-0.4, -0.2) is 41.7 Å². The van der Waals surface area contributed by atoms with Gasteiger partial charge in [-0.25, -0.2) is 0 Å². The SMILES string of the molecule is CC[C@@H](C)Oc1c(Cl)cc(/C=C2\SC(=O)N(CC(=O)Nc3ccc(Cl)cc3)C2=O)cc1OC. The number of nitrogens with zero attached hydrogens (tertiary/aromatic N) is 1. The summed E-state index contributed by atoms with van der Waals surface area (Å²) in [5.41, 5.74) is 1.07. The van der Waals surface area contributed by atoms with Gasteiger partial charge in [0.2, 0.25) is 5.91 Å². The topological polar surface area (TPSA) is 84.9 Å². The van der Waals surface area contributed by atoms with E-state index in [1.807, 2.05) is 13.8 Å². The van der Waals surface area contributed by atoms with Gasteiger partial charge in [-0.05, 0) is 73.1 Å². The lowest BCUT2D eigenvalue weighted by molar-refractivity contribution is -0.127. The predicted molar refractivity (Wildman–Crippen MR) is 131 cm³/mol. The van der Waals surface area contributed by atoms with E-state index in [-0.39, 0.29) is 11.0 Å². The van der Waals surface area contributed by atoms with E-state index in [4.69, 9.17) is 32.7 Å². The fourth-order valence-corrected chi connectivity index (χ4v) is 4.11. The summed E-state index contributed by atoms with van der Waals surface area (Å²) in [6.07, 6.45) is 2.27. The summed E-state index contributed by atoms with van der Waals surface area (Å²) in [5, 5.41) is 2.95. The van der Waals surface area contributed by atoms with E-state index in [0.717, 1.165) is 23.1 Å². The van der Waals surface area contributed by atoms with Gasteiger partial charge in [-0.2, -0.15) is 0 Å². The summed E-state index contributed by atoms with van der Waals surface area (Å²) in [5.74, 6) is -0.239. The molecule has 0 spiro atoms. The van der Waals surface area contributed by atoms with Gasteiger partial charge in [-0.3, -0.25) is 19.3 Å². The number of amides is 3. The van der Waals surface area contributed by atoms with Crippen LogP contribution in [0.3, 0.4) is 0 Å². The van der Waals surface area contributed by atoms with Gasteiger partial charge in [-0.15, -0.1) is 0 Å². The van der Waals surface area contributed by atoms with Crippen molar-refractivity contribution in [1.82, 2.24) is 4.90 Å². The number of carbonyl (C=O) groups excluding carboxylic acids is 3. The minimum absolute atomic E-state index is 0.0576. The van der Waals surface area contributed by atoms with E-state index in [1.54, 1.807) is 36.4 Å². The van der Waals surface area contributed by atoms with Crippen LogP contribution in [0.25, 0.3) is 6.08 Å². The molecule has 2 aromatic carbocycles. The Morgan fingerprint density at radius 1 is 1.21 bits per heavy atom. The van der Waals surface area contributed by atoms with E-state index in [2.05, 4.69) is 5.32 Å². The lowest BCUT2D eigenvalue weighted by atomic mass is 10.1. The summed E-state index contributed by atoms with van der Waals surface area (Å²) >= 11 is 13.0. The molecule has 0 aromatic heterocycles. The Balaban J connectivity index is 1.75. The number of hydrogen-bond acceptors (Lipinski definition) is 6. The van der Waals surface area contributed by atoms with Crippen LogP contribution < -0.4 is 14.8 Å². The number of ether oxygens (including phenoxy) is 2. The maximum Gasteiger partial charge on any atom is 0.294 e. The van der Waals surface area contributed by atoms with E-state index in [9.17, 15) is 14.4 Å². The Morgan fingerprint density at radius 3 is 2.55 bits per heavy atom. The fraction of sp³-hybridized carbons (Fsp3) is 0.261.